The van der Waals surface area contributed by atoms with Gasteiger partial charge in [0.15, 0.2) is 5.84 Å². The minimum atomic E-state index is -0.110. The average Bonchev–Trinajstić information content (AvgIpc) is 2.49. The number of aryl methyl sites for hydroxylation is 1. The van der Waals surface area contributed by atoms with Gasteiger partial charge in [-0.25, -0.2) is 0 Å². The molecular formula is C16H17N3O2. The number of oxime groups is 1. The number of amides is 1. The molecule has 0 spiro atoms. The van der Waals surface area contributed by atoms with E-state index in [4.69, 9.17) is 10.9 Å². The Bertz CT molecular complexity index is 681. The van der Waals surface area contributed by atoms with E-state index in [1.165, 1.54) is 0 Å². The molecule has 0 radical (unpaired) electrons. The third kappa shape index (κ3) is 3.82. The second-order valence-corrected chi connectivity index (χ2v) is 4.72. The van der Waals surface area contributed by atoms with Gasteiger partial charge in [0, 0.05) is 11.3 Å². The standard InChI is InChI=1S/C16H17N3O2/c1-11-5-2-3-6-12(11)10-15(20)18-14-8-4-7-13(9-14)16(17)19-21/h2-9,21H,10H2,1H3,(H2,17,19)(H,18,20). The lowest BCUT2D eigenvalue weighted by Gasteiger charge is -2.08. The molecule has 0 aliphatic rings. The Labute approximate surface area is 123 Å². The van der Waals surface area contributed by atoms with E-state index in [1.54, 1.807) is 24.3 Å². The van der Waals surface area contributed by atoms with Crippen molar-refractivity contribution in [2.24, 2.45) is 10.9 Å². The molecule has 108 valence electrons. The van der Waals surface area contributed by atoms with E-state index in [9.17, 15) is 4.79 Å². The van der Waals surface area contributed by atoms with Crippen molar-refractivity contribution in [2.45, 2.75) is 13.3 Å². The molecule has 0 unspecified atom stereocenters. The van der Waals surface area contributed by atoms with Crippen molar-refractivity contribution in [3.8, 4) is 0 Å². The van der Waals surface area contributed by atoms with Crippen LogP contribution in [0, 0.1) is 6.92 Å². The molecular weight excluding hydrogens is 266 g/mol. The van der Waals surface area contributed by atoms with E-state index in [-0.39, 0.29) is 11.7 Å². The molecule has 0 fully saturated rings. The van der Waals surface area contributed by atoms with E-state index in [2.05, 4.69) is 10.5 Å². The number of hydrogen-bond donors (Lipinski definition) is 3. The molecule has 2 aromatic carbocycles. The lowest BCUT2D eigenvalue weighted by molar-refractivity contribution is -0.115. The molecule has 0 aliphatic carbocycles. The number of carbonyl (C=O) groups excluding carboxylic acids is 1. The first-order valence-corrected chi connectivity index (χ1v) is 6.52. The van der Waals surface area contributed by atoms with Gasteiger partial charge in [-0.3, -0.25) is 4.79 Å². The molecule has 0 saturated carbocycles. The fourth-order valence-corrected chi connectivity index (χ4v) is 2.00. The quantitative estimate of drug-likeness (QED) is 0.348. The van der Waals surface area contributed by atoms with Crippen LogP contribution < -0.4 is 11.1 Å². The number of rotatable bonds is 4. The maximum atomic E-state index is 12.1. The molecule has 5 nitrogen and oxygen atoms in total. The molecule has 0 aliphatic heterocycles. The SMILES string of the molecule is Cc1ccccc1CC(=O)Nc1cccc(/C(N)=N/O)c1. The Hall–Kier alpha value is -2.82. The van der Waals surface area contributed by atoms with E-state index >= 15 is 0 Å². The van der Waals surface area contributed by atoms with Crippen LogP contribution in [0.2, 0.25) is 0 Å². The summed E-state index contributed by atoms with van der Waals surface area (Å²) in [5, 5.41) is 14.4. The average molecular weight is 283 g/mol. The fraction of sp³-hybridized carbons (Fsp3) is 0.125. The molecule has 2 aromatic rings. The first kappa shape index (κ1) is 14.6. The van der Waals surface area contributed by atoms with Gasteiger partial charge in [0.1, 0.15) is 0 Å². The highest BCUT2D eigenvalue weighted by Crippen LogP contribution is 2.13. The minimum absolute atomic E-state index is 0.00463. The number of carbonyl (C=O) groups is 1. The molecule has 4 N–H and O–H groups in total. The second-order valence-electron chi connectivity index (χ2n) is 4.72. The van der Waals surface area contributed by atoms with E-state index in [1.807, 2.05) is 31.2 Å². The maximum absolute atomic E-state index is 12.1. The summed E-state index contributed by atoms with van der Waals surface area (Å²) in [4.78, 5) is 12.1. The van der Waals surface area contributed by atoms with Gasteiger partial charge in [0.25, 0.3) is 0 Å². The molecule has 0 atom stereocenters. The van der Waals surface area contributed by atoms with Crippen LogP contribution in [0.3, 0.4) is 0 Å². The first-order chi connectivity index (χ1) is 10.1. The number of nitrogens with zero attached hydrogens (tertiary/aromatic N) is 1. The van der Waals surface area contributed by atoms with Crippen LogP contribution >= 0.6 is 0 Å². The molecule has 1 amide bonds. The predicted octanol–water partition coefficient (Wildman–Crippen LogP) is 2.27. The Morgan fingerprint density at radius 1 is 1.24 bits per heavy atom. The van der Waals surface area contributed by atoms with Crippen LogP contribution in [0.25, 0.3) is 0 Å². The largest absolute Gasteiger partial charge is 0.409 e. The van der Waals surface area contributed by atoms with Gasteiger partial charge in [-0.15, -0.1) is 0 Å². The van der Waals surface area contributed by atoms with Crippen LogP contribution in [0.4, 0.5) is 5.69 Å². The number of amidine groups is 1. The summed E-state index contributed by atoms with van der Waals surface area (Å²) < 4.78 is 0. The smallest absolute Gasteiger partial charge is 0.228 e. The van der Waals surface area contributed by atoms with Crippen molar-refractivity contribution in [1.82, 2.24) is 0 Å². The number of nitrogens with one attached hydrogen (secondary N) is 1. The highest BCUT2D eigenvalue weighted by molar-refractivity contribution is 5.99. The van der Waals surface area contributed by atoms with Gasteiger partial charge in [0.2, 0.25) is 5.91 Å². The Morgan fingerprint density at radius 2 is 2.00 bits per heavy atom. The van der Waals surface area contributed by atoms with Gasteiger partial charge in [-0.1, -0.05) is 41.6 Å². The number of nitrogens with two attached hydrogens (primary N) is 1. The van der Waals surface area contributed by atoms with Crippen molar-refractivity contribution >= 4 is 17.4 Å². The Kier molecular flexibility index (Phi) is 4.56. The molecule has 0 heterocycles. The monoisotopic (exact) mass is 283 g/mol. The molecule has 0 saturated heterocycles. The summed E-state index contributed by atoms with van der Waals surface area (Å²) in [6.07, 6.45) is 0.306. The topological polar surface area (TPSA) is 87.7 Å². The Morgan fingerprint density at radius 3 is 2.71 bits per heavy atom. The van der Waals surface area contributed by atoms with Crippen LogP contribution in [-0.2, 0) is 11.2 Å². The van der Waals surface area contributed by atoms with Gasteiger partial charge in [0.05, 0.1) is 6.42 Å². The van der Waals surface area contributed by atoms with E-state index in [0.29, 0.717) is 17.7 Å². The molecule has 2 rings (SSSR count). The third-order valence-corrected chi connectivity index (χ3v) is 3.16. The normalized spacial score (nSPS) is 11.2. The summed E-state index contributed by atoms with van der Waals surface area (Å²) in [6, 6.07) is 14.6. The minimum Gasteiger partial charge on any atom is -0.409 e. The second kappa shape index (κ2) is 6.56. The van der Waals surface area contributed by atoms with Crippen molar-refractivity contribution in [3.05, 3.63) is 65.2 Å². The number of hydrogen-bond acceptors (Lipinski definition) is 3. The van der Waals surface area contributed by atoms with Crippen molar-refractivity contribution < 1.29 is 10.0 Å². The van der Waals surface area contributed by atoms with Crippen LogP contribution in [0.5, 0.6) is 0 Å². The van der Waals surface area contributed by atoms with Crippen molar-refractivity contribution in [1.29, 1.82) is 0 Å². The summed E-state index contributed by atoms with van der Waals surface area (Å²) >= 11 is 0. The van der Waals surface area contributed by atoms with Crippen LogP contribution in [-0.4, -0.2) is 17.0 Å². The Balaban J connectivity index is 2.08. The molecule has 0 aromatic heterocycles. The van der Waals surface area contributed by atoms with Gasteiger partial charge in [-0.05, 0) is 30.2 Å². The molecule has 5 heteroatoms. The summed E-state index contributed by atoms with van der Waals surface area (Å²) in [5.41, 5.74) is 8.75. The van der Waals surface area contributed by atoms with Crippen LogP contribution in [0.1, 0.15) is 16.7 Å². The van der Waals surface area contributed by atoms with Crippen molar-refractivity contribution in [2.75, 3.05) is 5.32 Å². The summed E-state index contributed by atoms with van der Waals surface area (Å²) in [5.74, 6) is -0.106. The van der Waals surface area contributed by atoms with E-state index < -0.39 is 0 Å². The fourth-order valence-electron chi connectivity index (χ4n) is 2.00. The first-order valence-electron chi connectivity index (χ1n) is 6.52. The lowest BCUT2D eigenvalue weighted by Crippen LogP contribution is -2.17. The van der Waals surface area contributed by atoms with Crippen molar-refractivity contribution in [3.63, 3.8) is 0 Å². The highest BCUT2D eigenvalue weighted by atomic mass is 16.4. The third-order valence-electron chi connectivity index (χ3n) is 3.16. The van der Waals surface area contributed by atoms with E-state index in [0.717, 1.165) is 11.1 Å². The van der Waals surface area contributed by atoms with Gasteiger partial charge < -0.3 is 16.3 Å². The van der Waals surface area contributed by atoms with Gasteiger partial charge in [-0.2, -0.15) is 0 Å². The predicted molar refractivity (Wildman–Crippen MR) is 82.5 cm³/mol. The molecule has 21 heavy (non-hydrogen) atoms. The molecule has 0 bridgehead atoms. The zero-order chi connectivity index (χ0) is 15.2. The summed E-state index contributed by atoms with van der Waals surface area (Å²) in [7, 11) is 0. The number of anilines is 1. The maximum Gasteiger partial charge on any atom is 0.228 e. The van der Waals surface area contributed by atoms with Crippen LogP contribution in [0.15, 0.2) is 53.7 Å². The lowest BCUT2D eigenvalue weighted by atomic mass is 10.1. The van der Waals surface area contributed by atoms with Gasteiger partial charge >= 0.3 is 0 Å². The zero-order valence-corrected chi connectivity index (χ0v) is 11.7. The number of benzene rings is 2. The highest BCUT2D eigenvalue weighted by Gasteiger charge is 2.07. The zero-order valence-electron chi connectivity index (χ0n) is 11.7. The summed E-state index contributed by atoms with van der Waals surface area (Å²) in [6.45, 7) is 1.97.